The third-order valence-electron chi connectivity index (χ3n) is 2.81. The average molecular weight is 285 g/mol. The molecule has 1 rings (SSSR count). The maximum atomic E-state index is 13.8. The molecule has 0 bridgehead atoms. The molecule has 114 valence electrons. The fraction of sp³-hybridized carbons (Fsp3) is 0.600. The van der Waals surface area contributed by atoms with Gasteiger partial charge in [0.15, 0.2) is 11.6 Å². The van der Waals surface area contributed by atoms with E-state index in [0.717, 1.165) is 24.9 Å². The van der Waals surface area contributed by atoms with Crippen LogP contribution in [-0.4, -0.2) is 40.6 Å². The van der Waals surface area contributed by atoms with Gasteiger partial charge in [0.2, 0.25) is 0 Å². The van der Waals surface area contributed by atoms with Crippen LogP contribution in [0.2, 0.25) is 0 Å². The quantitative estimate of drug-likeness (QED) is 0.634. The van der Waals surface area contributed by atoms with Crippen molar-refractivity contribution in [3.05, 3.63) is 29.6 Å². The van der Waals surface area contributed by atoms with Crippen LogP contribution in [0.25, 0.3) is 0 Å². The van der Waals surface area contributed by atoms with Crippen LogP contribution in [0.1, 0.15) is 18.4 Å². The van der Waals surface area contributed by atoms with Crippen LogP contribution in [0.15, 0.2) is 18.2 Å². The first kappa shape index (κ1) is 16.9. The Morgan fingerprint density at radius 2 is 1.80 bits per heavy atom. The second kappa shape index (κ2) is 10.6. The van der Waals surface area contributed by atoms with Gasteiger partial charge in [-0.05, 0) is 30.5 Å². The van der Waals surface area contributed by atoms with Crippen LogP contribution >= 0.6 is 0 Å². The SMILES string of the molecule is COCCCCOc1ccc(CNCCOC)cc1F. The Hall–Kier alpha value is -1.17. The van der Waals surface area contributed by atoms with Crippen molar-refractivity contribution in [2.75, 3.05) is 40.6 Å². The molecule has 0 spiro atoms. The van der Waals surface area contributed by atoms with Gasteiger partial charge in [-0.15, -0.1) is 0 Å². The van der Waals surface area contributed by atoms with Gasteiger partial charge >= 0.3 is 0 Å². The molecule has 1 aromatic carbocycles. The molecular weight excluding hydrogens is 261 g/mol. The van der Waals surface area contributed by atoms with E-state index in [4.69, 9.17) is 14.2 Å². The predicted molar refractivity (Wildman–Crippen MR) is 76.6 cm³/mol. The van der Waals surface area contributed by atoms with Crippen molar-refractivity contribution < 1.29 is 18.6 Å². The molecule has 0 amide bonds. The molecule has 1 aromatic rings. The zero-order valence-electron chi connectivity index (χ0n) is 12.3. The van der Waals surface area contributed by atoms with E-state index in [1.165, 1.54) is 6.07 Å². The number of hydrogen-bond donors (Lipinski definition) is 1. The predicted octanol–water partition coefficient (Wildman–Crippen LogP) is 2.37. The fourth-order valence-corrected chi connectivity index (χ4v) is 1.71. The van der Waals surface area contributed by atoms with Crippen LogP contribution in [0.3, 0.4) is 0 Å². The molecule has 0 aliphatic carbocycles. The summed E-state index contributed by atoms with van der Waals surface area (Å²) >= 11 is 0. The maximum Gasteiger partial charge on any atom is 0.165 e. The van der Waals surface area contributed by atoms with E-state index in [1.807, 2.05) is 6.07 Å². The molecule has 0 saturated heterocycles. The van der Waals surface area contributed by atoms with Crippen molar-refractivity contribution in [1.29, 1.82) is 0 Å². The Morgan fingerprint density at radius 1 is 1.05 bits per heavy atom. The van der Waals surface area contributed by atoms with E-state index in [0.29, 0.717) is 32.1 Å². The summed E-state index contributed by atoms with van der Waals surface area (Å²) in [5.41, 5.74) is 0.894. The van der Waals surface area contributed by atoms with E-state index in [1.54, 1.807) is 20.3 Å². The van der Waals surface area contributed by atoms with Gasteiger partial charge in [0.1, 0.15) is 0 Å². The lowest BCUT2D eigenvalue weighted by Crippen LogP contribution is -2.18. The molecule has 0 aromatic heterocycles. The highest BCUT2D eigenvalue weighted by Crippen LogP contribution is 2.18. The molecule has 0 unspecified atom stereocenters. The van der Waals surface area contributed by atoms with Crippen LogP contribution < -0.4 is 10.1 Å². The maximum absolute atomic E-state index is 13.8. The topological polar surface area (TPSA) is 39.7 Å². The molecule has 1 N–H and O–H groups in total. The number of hydrogen-bond acceptors (Lipinski definition) is 4. The Balaban J connectivity index is 2.31. The first-order chi connectivity index (χ1) is 9.77. The highest BCUT2D eigenvalue weighted by Gasteiger charge is 2.04. The fourth-order valence-electron chi connectivity index (χ4n) is 1.71. The van der Waals surface area contributed by atoms with E-state index in [2.05, 4.69) is 5.32 Å². The Morgan fingerprint density at radius 3 is 2.50 bits per heavy atom. The van der Waals surface area contributed by atoms with Crippen molar-refractivity contribution in [3.63, 3.8) is 0 Å². The first-order valence-electron chi connectivity index (χ1n) is 6.87. The third-order valence-corrected chi connectivity index (χ3v) is 2.81. The van der Waals surface area contributed by atoms with Crippen LogP contribution in [0.4, 0.5) is 4.39 Å². The summed E-state index contributed by atoms with van der Waals surface area (Å²) < 4.78 is 29.1. The number of unbranched alkanes of at least 4 members (excludes halogenated alkanes) is 1. The van der Waals surface area contributed by atoms with Gasteiger partial charge < -0.3 is 19.5 Å². The van der Waals surface area contributed by atoms with Crippen LogP contribution in [0, 0.1) is 5.82 Å². The van der Waals surface area contributed by atoms with Crippen LogP contribution in [-0.2, 0) is 16.0 Å². The summed E-state index contributed by atoms with van der Waals surface area (Å²) in [5.74, 6) is -0.00848. The standard InChI is InChI=1S/C15H24FNO3/c1-18-8-3-4-9-20-15-6-5-13(11-14(15)16)12-17-7-10-19-2/h5-6,11,17H,3-4,7-10,12H2,1-2H3. The Kier molecular flexibility index (Phi) is 8.95. The molecule has 0 radical (unpaired) electrons. The number of nitrogens with one attached hydrogen (secondary N) is 1. The lowest BCUT2D eigenvalue weighted by molar-refractivity contribution is 0.183. The van der Waals surface area contributed by atoms with Gasteiger partial charge in [-0.2, -0.15) is 0 Å². The highest BCUT2D eigenvalue weighted by molar-refractivity contribution is 5.29. The molecule has 0 saturated carbocycles. The van der Waals surface area contributed by atoms with Gasteiger partial charge in [-0.1, -0.05) is 6.07 Å². The smallest absolute Gasteiger partial charge is 0.165 e. The summed E-state index contributed by atoms with van der Waals surface area (Å²) in [4.78, 5) is 0. The summed E-state index contributed by atoms with van der Waals surface area (Å²) in [5, 5.41) is 3.17. The summed E-state index contributed by atoms with van der Waals surface area (Å²) in [6.45, 7) is 3.22. The van der Waals surface area contributed by atoms with Gasteiger partial charge in [0.05, 0.1) is 13.2 Å². The van der Waals surface area contributed by atoms with Crippen molar-refractivity contribution in [2.45, 2.75) is 19.4 Å². The largest absolute Gasteiger partial charge is 0.491 e. The van der Waals surface area contributed by atoms with Gasteiger partial charge in [-0.3, -0.25) is 0 Å². The van der Waals surface area contributed by atoms with E-state index in [-0.39, 0.29) is 5.82 Å². The Labute approximate surface area is 120 Å². The summed E-state index contributed by atoms with van der Waals surface area (Å²) in [6.07, 6.45) is 1.77. The van der Waals surface area contributed by atoms with Crippen LogP contribution in [0.5, 0.6) is 5.75 Å². The third kappa shape index (κ3) is 6.84. The summed E-state index contributed by atoms with van der Waals surface area (Å²) in [7, 11) is 3.32. The normalized spacial score (nSPS) is 10.8. The number of benzene rings is 1. The molecule has 5 heteroatoms. The molecule has 4 nitrogen and oxygen atoms in total. The first-order valence-corrected chi connectivity index (χ1v) is 6.87. The number of rotatable bonds is 11. The van der Waals surface area contributed by atoms with Crippen molar-refractivity contribution in [1.82, 2.24) is 5.32 Å². The molecular formula is C15H24FNO3. The molecule has 0 fully saturated rings. The zero-order valence-corrected chi connectivity index (χ0v) is 12.3. The second-order valence-corrected chi connectivity index (χ2v) is 4.48. The van der Waals surface area contributed by atoms with Gasteiger partial charge in [0, 0.05) is 33.9 Å². The van der Waals surface area contributed by atoms with E-state index < -0.39 is 0 Å². The minimum atomic E-state index is -0.317. The molecule has 20 heavy (non-hydrogen) atoms. The van der Waals surface area contributed by atoms with Crippen molar-refractivity contribution in [3.8, 4) is 5.75 Å². The van der Waals surface area contributed by atoms with Crippen molar-refractivity contribution in [2.24, 2.45) is 0 Å². The number of methoxy groups -OCH3 is 2. The van der Waals surface area contributed by atoms with E-state index >= 15 is 0 Å². The monoisotopic (exact) mass is 285 g/mol. The lowest BCUT2D eigenvalue weighted by Gasteiger charge is -2.09. The van der Waals surface area contributed by atoms with Gasteiger partial charge in [0.25, 0.3) is 0 Å². The van der Waals surface area contributed by atoms with E-state index in [9.17, 15) is 4.39 Å². The Bertz CT molecular complexity index is 374. The number of ether oxygens (including phenoxy) is 3. The molecule has 0 heterocycles. The number of halogens is 1. The zero-order chi connectivity index (χ0) is 14.6. The lowest BCUT2D eigenvalue weighted by atomic mass is 10.2. The average Bonchev–Trinajstić information content (AvgIpc) is 2.45. The van der Waals surface area contributed by atoms with Crippen molar-refractivity contribution >= 4 is 0 Å². The second-order valence-electron chi connectivity index (χ2n) is 4.48. The molecule has 0 atom stereocenters. The van der Waals surface area contributed by atoms with Gasteiger partial charge in [-0.25, -0.2) is 4.39 Å². The summed E-state index contributed by atoms with van der Waals surface area (Å²) in [6, 6.07) is 5.05. The minimum absolute atomic E-state index is 0.308. The minimum Gasteiger partial charge on any atom is -0.491 e. The highest BCUT2D eigenvalue weighted by atomic mass is 19.1. The molecule has 0 aliphatic heterocycles. The molecule has 0 aliphatic rings.